The molecule has 7 nitrogen and oxygen atoms in total. The number of benzene rings is 2. The quantitative estimate of drug-likeness (QED) is 0.520. The van der Waals surface area contributed by atoms with Crippen LogP contribution in [-0.2, 0) is 11.8 Å². The zero-order valence-corrected chi connectivity index (χ0v) is 15.8. The molecule has 0 aliphatic rings. The van der Waals surface area contributed by atoms with E-state index < -0.39 is 0 Å². The van der Waals surface area contributed by atoms with Gasteiger partial charge in [-0.3, -0.25) is 4.79 Å². The molecule has 0 fully saturated rings. The minimum atomic E-state index is -0.351. The summed E-state index contributed by atoms with van der Waals surface area (Å²) in [5.74, 6) is 1.47. The number of halogens is 1. The Kier molecular flexibility index (Phi) is 4.82. The number of fused-ring (bicyclic) bond motifs is 1. The Hall–Kier alpha value is -3.94. The van der Waals surface area contributed by atoms with Gasteiger partial charge in [-0.15, -0.1) is 0 Å². The minimum absolute atomic E-state index is 0.209. The molecule has 0 unspecified atom stereocenters. The van der Waals surface area contributed by atoms with Crippen LogP contribution in [0.3, 0.4) is 0 Å². The highest BCUT2D eigenvalue weighted by Gasteiger charge is 2.11. The molecule has 0 spiro atoms. The van der Waals surface area contributed by atoms with Crippen LogP contribution < -0.4 is 15.4 Å². The average molecular weight is 391 g/mol. The van der Waals surface area contributed by atoms with E-state index >= 15 is 0 Å². The highest BCUT2D eigenvalue weighted by Crippen LogP contribution is 2.29. The lowest BCUT2D eigenvalue weighted by Crippen LogP contribution is -2.07. The van der Waals surface area contributed by atoms with Crippen LogP contribution in [0.2, 0.25) is 0 Å². The van der Waals surface area contributed by atoms with E-state index in [-0.39, 0.29) is 11.7 Å². The predicted molar refractivity (Wildman–Crippen MR) is 109 cm³/mol. The van der Waals surface area contributed by atoms with E-state index in [1.54, 1.807) is 42.6 Å². The Morgan fingerprint density at radius 3 is 2.69 bits per heavy atom. The summed E-state index contributed by atoms with van der Waals surface area (Å²) < 4.78 is 21.6. The Morgan fingerprint density at radius 1 is 1.10 bits per heavy atom. The number of carbonyl (C=O) groups excluding carboxylic acids is 1. The molecule has 0 saturated carbocycles. The first-order valence-corrected chi connectivity index (χ1v) is 8.89. The number of aryl methyl sites for hydroxylation is 1. The fraction of sp³-hybridized carbons (Fsp3) is 0.0952. The summed E-state index contributed by atoms with van der Waals surface area (Å²) in [5, 5.41) is 5.63. The molecule has 2 N–H and O–H groups in total. The second kappa shape index (κ2) is 7.59. The number of ether oxygens (including phenoxy) is 1. The van der Waals surface area contributed by atoms with Crippen molar-refractivity contribution in [1.82, 2.24) is 14.5 Å². The van der Waals surface area contributed by atoms with Crippen molar-refractivity contribution in [3.63, 3.8) is 0 Å². The number of hydrogen-bond donors (Lipinski definition) is 2. The van der Waals surface area contributed by atoms with Crippen molar-refractivity contribution in [2.45, 2.75) is 6.92 Å². The summed E-state index contributed by atoms with van der Waals surface area (Å²) in [6.45, 7) is 1.41. The number of aromatic nitrogens is 3. The van der Waals surface area contributed by atoms with Crippen molar-refractivity contribution in [2.75, 3.05) is 10.6 Å². The van der Waals surface area contributed by atoms with Gasteiger partial charge in [0.15, 0.2) is 0 Å². The van der Waals surface area contributed by atoms with E-state index in [9.17, 15) is 9.18 Å². The number of nitrogens with zero attached hydrogens (tertiary/aromatic N) is 3. The van der Waals surface area contributed by atoms with Crippen LogP contribution >= 0.6 is 0 Å². The second-order valence-electron chi connectivity index (χ2n) is 6.41. The van der Waals surface area contributed by atoms with Crippen LogP contribution in [0, 0.1) is 5.82 Å². The van der Waals surface area contributed by atoms with E-state index in [2.05, 4.69) is 20.6 Å². The second-order valence-corrected chi connectivity index (χ2v) is 6.41. The summed E-state index contributed by atoms with van der Waals surface area (Å²) in [5.41, 5.74) is 1.91. The molecule has 4 aromatic rings. The summed E-state index contributed by atoms with van der Waals surface area (Å²) in [6.07, 6.45) is 1.55. The molecule has 29 heavy (non-hydrogen) atoms. The summed E-state index contributed by atoms with van der Waals surface area (Å²) >= 11 is 0. The molecule has 0 radical (unpaired) electrons. The zero-order valence-electron chi connectivity index (χ0n) is 15.8. The molecule has 2 aromatic carbocycles. The smallest absolute Gasteiger partial charge is 0.222 e. The van der Waals surface area contributed by atoms with Gasteiger partial charge in [0.1, 0.15) is 23.1 Å². The van der Waals surface area contributed by atoms with Crippen LogP contribution in [0.25, 0.3) is 11.0 Å². The number of para-hydroxylation sites is 1. The Bertz CT molecular complexity index is 1200. The van der Waals surface area contributed by atoms with Gasteiger partial charge in [0.25, 0.3) is 0 Å². The van der Waals surface area contributed by atoms with E-state index in [1.165, 1.54) is 13.0 Å². The van der Waals surface area contributed by atoms with E-state index in [0.717, 1.165) is 5.52 Å². The largest absolute Gasteiger partial charge is 0.457 e. The number of amides is 1. The molecule has 0 atom stereocenters. The minimum Gasteiger partial charge on any atom is -0.457 e. The number of imidazole rings is 1. The predicted octanol–water partition coefficient (Wildman–Crippen LogP) is 4.60. The van der Waals surface area contributed by atoms with Crippen molar-refractivity contribution in [3.05, 3.63) is 66.6 Å². The third kappa shape index (κ3) is 4.01. The first-order chi connectivity index (χ1) is 14.0. The van der Waals surface area contributed by atoms with Gasteiger partial charge < -0.3 is 19.9 Å². The van der Waals surface area contributed by atoms with Crippen LogP contribution in [0.4, 0.5) is 21.8 Å². The average Bonchev–Trinajstić information content (AvgIpc) is 2.98. The van der Waals surface area contributed by atoms with E-state index in [1.807, 2.05) is 23.7 Å². The van der Waals surface area contributed by atoms with Crippen molar-refractivity contribution < 1.29 is 13.9 Å². The fourth-order valence-electron chi connectivity index (χ4n) is 2.90. The van der Waals surface area contributed by atoms with Gasteiger partial charge in [0.2, 0.25) is 11.9 Å². The van der Waals surface area contributed by atoms with Crippen molar-refractivity contribution in [3.8, 4) is 11.5 Å². The monoisotopic (exact) mass is 391 g/mol. The van der Waals surface area contributed by atoms with E-state index in [0.29, 0.717) is 34.5 Å². The number of nitrogens with one attached hydrogen (secondary N) is 2. The third-order valence-electron chi connectivity index (χ3n) is 4.24. The molecule has 2 aromatic heterocycles. The summed E-state index contributed by atoms with van der Waals surface area (Å²) in [6, 6.07) is 15.2. The Balaban J connectivity index is 1.60. The topological polar surface area (TPSA) is 81.1 Å². The molecular formula is C21H18FN5O2. The van der Waals surface area contributed by atoms with Crippen LogP contribution in [-0.4, -0.2) is 20.4 Å². The number of pyridine rings is 1. The SMILES string of the molecule is CC(=O)Nc1cc(Oc2ccc3c(c2)nc(Nc2ccccc2F)n3C)ccn1. The highest BCUT2D eigenvalue weighted by molar-refractivity contribution is 5.87. The first kappa shape index (κ1) is 18.4. The van der Waals surface area contributed by atoms with Crippen molar-refractivity contribution in [1.29, 1.82) is 0 Å². The molecule has 1 amide bonds. The van der Waals surface area contributed by atoms with Crippen molar-refractivity contribution >= 4 is 34.4 Å². The maximum atomic E-state index is 13.9. The van der Waals surface area contributed by atoms with Crippen LogP contribution in [0.15, 0.2) is 60.8 Å². The Labute approximate surface area is 166 Å². The molecule has 0 bridgehead atoms. The maximum Gasteiger partial charge on any atom is 0.222 e. The molecule has 0 aliphatic carbocycles. The molecule has 4 rings (SSSR count). The molecule has 8 heteroatoms. The summed E-state index contributed by atoms with van der Waals surface area (Å²) in [7, 11) is 1.85. The lowest BCUT2D eigenvalue weighted by atomic mass is 10.3. The van der Waals surface area contributed by atoms with Gasteiger partial charge in [-0.2, -0.15) is 0 Å². The first-order valence-electron chi connectivity index (χ1n) is 8.89. The van der Waals surface area contributed by atoms with Gasteiger partial charge in [0.05, 0.1) is 16.7 Å². The van der Waals surface area contributed by atoms with Crippen LogP contribution in [0.5, 0.6) is 11.5 Å². The molecule has 0 aliphatic heterocycles. The third-order valence-corrected chi connectivity index (χ3v) is 4.24. The van der Waals surface area contributed by atoms with E-state index in [4.69, 9.17) is 4.74 Å². The number of rotatable bonds is 5. The normalized spacial score (nSPS) is 10.7. The van der Waals surface area contributed by atoms with Gasteiger partial charge in [0, 0.05) is 32.3 Å². The van der Waals surface area contributed by atoms with Gasteiger partial charge in [-0.25, -0.2) is 14.4 Å². The lowest BCUT2D eigenvalue weighted by Gasteiger charge is -2.08. The molecule has 2 heterocycles. The standard InChI is InChI=1S/C21H18FN5O2/c1-13(28)24-20-12-15(9-10-23-20)29-14-7-8-19-18(11-14)26-21(27(19)2)25-17-6-4-3-5-16(17)22/h3-12H,1-2H3,(H,25,26)(H,23,24,28). The van der Waals surface area contributed by atoms with Crippen molar-refractivity contribution in [2.24, 2.45) is 7.05 Å². The number of hydrogen-bond acceptors (Lipinski definition) is 5. The molecular weight excluding hydrogens is 373 g/mol. The van der Waals surface area contributed by atoms with Crippen LogP contribution in [0.1, 0.15) is 6.92 Å². The molecule has 146 valence electrons. The van der Waals surface area contributed by atoms with Gasteiger partial charge in [-0.05, 0) is 30.3 Å². The highest BCUT2D eigenvalue weighted by atomic mass is 19.1. The molecule has 0 saturated heterocycles. The number of anilines is 3. The maximum absolute atomic E-state index is 13.9. The zero-order chi connectivity index (χ0) is 20.4. The number of carbonyl (C=O) groups is 1. The van der Waals surface area contributed by atoms with Gasteiger partial charge in [-0.1, -0.05) is 12.1 Å². The lowest BCUT2D eigenvalue weighted by molar-refractivity contribution is -0.114. The summed E-state index contributed by atoms with van der Waals surface area (Å²) in [4.78, 5) is 19.8. The Morgan fingerprint density at radius 2 is 1.90 bits per heavy atom. The van der Waals surface area contributed by atoms with Gasteiger partial charge >= 0.3 is 0 Å². The fourth-order valence-corrected chi connectivity index (χ4v) is 2.90.